The zero-order chi connectivity index (χ0) is 15.5. The highest BCUT2D eigenvalue weighted by atomic mass is 32.1. The summed E-state index contributed by atoms with van der Waals surface area (Å²) in [5.41, 5.74) is 3.60. The van der Waals surface area contributed by atoms with Gasteiger partial charge < -0.3 is 5.32 Å². The molecule has 0 aliphatic heterocycles. The van der Waals surface area contributed by atoms with Crippen molar-refractivity contribution in [3.8, 4) is 5.69 Å². The molecule has 2 aromatic heterocycles. The largest absolute Gasteiger partial charge is 0.346 e. The molecule has 0 saturated heterocycles. The Morgan fingerprint density at radius 2 is 2.00 bits per heavy atom. The van der Waals surface area contributed by atoms with Crippen LogP contribution < -0.4 is 5.32 Å². The number of rotatable bonds is 4. The molecular weight excluding hydrogens is 296 g/mol. The molecule has 22 heavy (non-hydrogen) atoms. The van der Waals surface area contributed by atoms with Gasteiger partial charge in [-0.2, -0.15) is 5.10 Å². The Hall–Kier alpha value is -2.47. The summed E-state index contributed by atoms with van der Waals surface area (Å²) < 4.78 is 1.83. The number of hydrogen-bond donors (Lipinski definition) is 1. The maximum absolute atomic E-state index is 12.1. The summed E-state index contributed by atoms with van der Waals surface area (Å²) in [5.74, 6) is -0.100. The van der Waals surface area contributed by atoms with Crippen LogP contribution in [0.2, 0.25) is 0 Å². The van der Waals surface area contributed by atoms with Gasteiger partial charge >= 0.3 is 0 Å². The van der Waals surface area contributed by atoms with E-state index >= 15 is 0 Å². The van der Waals surface area contributed by atoms with E-state index in [-0.39, 0.29) is 5.91 Å². The molecule has 3 aromatic rings. The van der Waals surface area contributed by atoms with Crippen molar-refractivity contribution in [2.45, 2.75) is 20.4 Å². The van der Waals surface area contributed by atoms with Crippen LogP contribution in [-0.2, 0) is 6.54 Å². The van der Waals surface area contributed by atoms with Crippen LogP contribution in [0.25, 0.3) is 5.69 Å². The smallest absolute Gasteiger partial charge is 0.251 e. The lowest BCUT2D eigenvalue weighted by atomic mass is 10.2. The third-order valence-electron chi connectivity index (χ3n) is 3.27. The summed E-state index contributed by atoms with van der Waals surface area (Å²) in [6.45, 7) is 4.39. The molecule has 3 rings (SSSR count). The predicted octanol–water partition coefficient (Wildman–Crippen LogP) is 2.88. The van der Waals surface area contributed by atoms with Crippen LogP contribution in [0.4, 0.5) is 0 Å². The average molecular weight is 312 g/mol. The molecule has 1 N–H and O–H groups in total. The van der Waals surface area contributed by atoms with Gasteiger partial charge in [0, 0.05) is 28.5 Å². The molecule has 112 valence electrons. The summed E-state index contributed by atoms with van der Waals surface area (Å²) in [4.78, 5) is 16.5. The first kappa shape index (κ1) is 14.5. The second kappa shape index (κ2) is 6.11. The number of thiazole rings is 1. The van der Waals surface area contributed by atoms with Crippen molar-refractivity contribution in [3.63, 3.8) is 0 Å². The molecule has 0 atom stereocenters. The van der Waals surface area contributed by atoms with E-state index in [2.05, 4.69) is 15.4 Å². The van der Waals surface area contributed by atoms with E-state index in [1.807, 2.05) is 42.1 Å². The number of hydrogen-bond acceptors (Lipinski definition) is 4. The van der Waals surface area contributed by atoms with Gasteiger partial charge in [-0.05, 0) is 44.2 Å². The molecule has 0 saturated carbocycles. The first-order chi connectivity index (χ1) is 10.6. The van der Waals surface area contributed by atoms with Gasteiger partial charge in [-0.3, -0.25) is 4.79 Å². The number of nitrogens with zero attached hydrogens (tertiary/aromatic N) is 3. The van der Waals surface area contributed by atoms with Crippen molar-refractivity contribution in [1.29, 1.82) is 0 Å². The number of nitrogens with one attached hydrogen (secondary N) is 1. The summed E-state index contributed by atoms with van der Waals surface area (Å²) in [6, 6.07) is 9.33. The SMILES string of the molecule is Cc1csc(CNC(=O)c2ccc(-n3nccc3C)cc2)n1. The Morgan fingerprint density at radius 3 is 2.59 bits per heavy atom. The van der Waals surface area contributed by atoms with Gasteiger partial charge in [-0.25, -0.2) is 9.67 Å². The summed E-state index contributed by atoms with van der Waals surface area (Å²) in [7, 11) is 0. The summed E-state index contributed by atoms with van der Waals surface area (Å²) in [6.07, 6.45) is 1.76. The minimum atomic E-state index is -0.100. The average Bonchev–Trinajstić information content (AvgIpc) is 3.13. The zero-order valence-corrected chi connectivity index (χ0v) is 13.2. The molecule has 2 heterocycles. The second-order valence-corrected chi connectivity index (χ2v) is 5.94. The van der Waals surface area contributed by atoms with Crippen molar-refractivity contribution in [3.05, 3.63) is 63.9 Å². The monoisotopic (exact) mass is 312 g/mol. The van der Waals surface area contributed by atoms with Crippen molar-refractivity contribution < 1.29 is 4.79 Å². The highest BCUT2D eigenvalue weighted by molar-refractivity contribution is 7.09. The van der Waals surface area contributed by atoms with Gasteiger partial charge in [-0.15, -0.1) is 11.3 Å². The van der Waals surface area contributed by atoms with Crippen LogP contribution in [0.3, 0.4) is 0 Å². The zero-order valence-electron chi connectivity index (χ0n) is 12.4. The number of benzene rings is 1. The fourth-order valence-electron chi connectivity index (χ4n) is 2.14. The van der Waals surface area contributed by atoms with Crippen molar-refractivity contribution in [2.75, 3.05) is 0 Å². The molecule has 1 aromatic carbocycles. The fraction of sp³-hybridized carbons (Fsp3) is 0.188. The molecule has 0 aliphatic rings. The van der Waals surface area contributed by atoms with Gasteiger partial charge in [0.1, 0.15) is 5.01 Å². The lowest BCUT2D eigenvalue weighted by Crippen LogP contribution is -2.22. The summed E-state index contributed by atoms with van der Waals surface area (Å²) >= 11 is 1.55. The maximum atomic E-state index is 12.1. The highest BCUT2D eigenvalue weighted by Gasteiger charge is 2.08. The van der Waals surface area contributed by atoms with Gasteiger partial charge in [0.25, 0.3) is 5.91 Å². The minimum absolute atomic E-state index is 0.100. The lowest BCUT2D eigenvalue weighted by Gasteiger charge is -2.06. The standard InChI is InChI=1S/C16H16N4OS/c1-11-10-22-15(19-11)9-17-16(21)13-3-5-14(6-4-13)20-12(2)7-8-18-20/h3-8,10H,9H2,1-2H3,(H,17,21). The van der Waals surface area contributed by atoms with Gasteiger partial charge in [0.05, 0.1) is 12.2 Å². The first-order valence-corrected chi connectivity index (χ1v) is 7.82. The Bertz CT molecular complexity index is 789. The van der Waals surface area contributed by atoms with Crippen LogP contribution in [0.5, 0.6) is 0 Å². The number of carbonyl (C=O) groups is 1. The number of amides is 1. The molecule has 0 bridgehead atoms. The molecule has 0 radical (unpaired) electrons. The molecule has 0 fully saturated rings. The number of carbonyl (C=O) groups excluding carboxylic acids is 1. The van der Waals surface area contributed by atoms with Gasteiger partial charge in [-0.1, -0.05) is 0 Å². The van der Waals surface area contributed by atoms with E-state index in [1.165, 1.54) is 0 Å². The molecule has 6 heteroatoms. The number of aromatic nitrogens is 3. The first-order valence-electron chi connectivity index (χ1n) is 6.94. The van der Waals surface area contributed by atoms with Crippen LogP contribution in [-0.4, -0.2) is 20.7 Å². The third kappa shape index (κ3) is 3.07. The quantitative estimate of drug-likeness (QED) is 0.806. The van der Waals surface area contributed by atoms with E-state index in [4.69, 9.17) is 0 Å². The van der Waals surface area contributed by atoms with Crippen molar-refractivity contribution in [1.82, 2.24) is 20.1 Å². The van der Waals surface area contributed by atoms with Crippen LogP contribution in [0.1, 0.15) is 26.8 Å². The van der Waals surface area contributed by atoms with E-state index < -0.39 is 0 Å². The maximum Gasteiger partial charge on any atom is 0.251 e. The fourth-order valence-corrected chi connectivity index (χ4v) is 2.85. The van der Waals surface area contributed by atoms with E-state index in [0.29, 0.717) is 12.1 Å². The normalized spacial score (nSPS) is 10.6. The Labute approximate surface area is 132 Å². The molecule has 0 unspecified atom stereocenters. The Morgan fingerprint density at radius 1 is 1.23 bits per heavy atom. The second-order valence-electron chi connectivity index (χ2n) is 5.00. The summed E-state index contributed by atoms with van der Waals surface area (Å²) in [5, 5.41) is 10.0. The molecule has 0 aliphatic carbocycles. The molecular formula is C16H16N4OS. The van der Waals surface area contributed by atoms with E-state index in [0.717, 1.165) is 22.1 Å². The van der Waals surface area contributed by atoms with E-state index in [9.17, 15) is 4.79 Å². The van der Waals surface area contributed by atoms with E-state index in [1.54, 1.807) is 29.7 Å². The predicted molar refractivity (Wildman–Crippen MR) is 86.3 cm³/mol. The molecule has 1 amide bonds. The van der Waals surface area contributed by atoms with Crippen molar-refractivity contribution >= 4 is 17.2 Å². The topological polar surface area (TPSA) is 59.8 Å². The molecule has 5 nitrogen and oxygen atoms in total. The third-order valence-corrected chi connectivity index (χ3v) is 4.24. The lowest BCUT2D eigenvalue weighted by molar-refractivity contribution is 0.0951. The van der Waals surface area contributed by atoms with Crippen molar-refractivity contribution in [2.24, 2.45) is 0 Å². The van der Waals surface area contributed by atoms with Crippen LogP contribution in [0.15, 0.2) is 41.9 Å². The van der Waals surface area contributed by atoms with Gasteiger partial charge in [0.15, 0.2) is 0 Å². The Kier molecular flexibility index (Phi) is 4.02. The highest BCUT2D eigenvalue weighted by Crippen LogP contribution is 2.12. The van der Waals surface area contributed by atoms with Crippen LogP contribution >= 0.6 is 11.3 Å². The minimum Gasteiger partial charge on any atom is -0.346 e. The molecule has 0 spiro atoms. The number of aryl methyl sites for hydroxylation is 2. The van der Waals surface area contributed by atoms with Gasteiger partial charge in [0.2, 0.25) is 0 Å². The Balaban J connectivity index is 1.67. The van der Waals surface area contributed by atoms with Crippen LogP contribution in [0, 0.1) is 13.8 Å².